The van der Waals surface area contributed by atoms with Crippen molar-refractivity contribution in [3.8, 4) is 5.75 Å². The van der Waals surface area contributed by atoms with Crippen LogP contribution in [-0.2, 0) is 11.4 Å². The molecule has 3 aromatic carbocycles. The minimum atomic E-state index is -0.153. The minimum absolute atomic E-state index is 0.153. The second-order valence-electron chi connectivity index (χ2n) is 6.04. The first kappa shape index (κ1) is 17.5. The number of rotatable bonds is 6. The van der Waals surface area contributed by atoms with E-state index in [1.807, 2.05) is 85.8 Å². The van der Waals surface area contributed by atoms with E-state index in [0.717, 1.165) is 28.1 Å². The smallest absolute Gasteiger partial charge is 0.248 e. The molecule has 1 amide bonds. The average molecular weight is 343 g/mol. The Balaban J connectivity index is 1.53. The maximum atomic E-state index is 12.0. The van der Waals surface area contributed by atoms with E-state index in [1.54, 1.807) is 6.08 Å². The lowest BCUT2D eigenvalue weighted by atomic mass is 10.2. The highest BCUT2D eigenvalue weighted by Gasteiger charge is 1.99. The highest BCUT2D eigenvalue weighted by atomic mass is 16.5. The van der Waals surface area contributed by atoms with Gasteiger partial charge in [-0.05, 0) is 54.0 Å². The molecule has 3 aromatic rings. The summed E-state index contributed by atoms with van der Waals surface area (Å²) in [6, 6.07) is 25.4. The standard InChI is InChI=1S/C23H21NO2/c1-18-6-5-9-21(16-18)24-23(25)15-12-19-10-13-22(14-11-19)26-17-20-7-3-2-4-8-20/h2-16H,17H2,1H3,(H,24,25). The fraction of sp³-hybridized carbons (Fsp3) is 0.0870. The van der Waals surface area contributed by atoms with Crippen molar-refractivity contribution in [3.63, 3.8) is 0 Å². The number of hydrogen-bond acceptors (Lipinski definition) is 2. The number of hydrogen-bond donors (Lipinski definition) is 1. The van der Waals surface area contributed by atoms with Crippen LogP contribution in [0.1, 0.15) is 16.7 Å². The summed E-state index contributed by atoms with van der Waals surface area (Å²) in [5.41, 5.74) is 3.97. The van der Waals surface area contributed by atoms with Crippen molar-refractivity contribution >= 4 is 17.7 Å². The summed E-state index contributed by atoms with van der Waals surface area (Å²) in [7, 11) is 0. The molecular formula is C23H21NO2. The van der Waals surface area contributed by atoms with Crippen LogP contribution >= 0.6 is 0 Å². The van der Waals surface area contributed by atoms with Crippen LogP contribution in [0.5, 0.6) is 5.75 Å². The van der Waals surface area contributed by atoms with Gasteiger partial charge in [0.05, 0.1) is 0 Å². The average Bonchev–Trinajstić information content (AvgIpc) is 2.66. The fourth-order valence-electron chi connectivity index (χ4n) is 2.49. The Bertz CT molecular complexity index is 884. The van der Waals surface area contributed by atoms with E-state index in [4.69, 9.17) is 4.74 Å². The Morgan fingerprint density at radius 3 is 2.46 bits per heavy atom. The van der Waals surface area contributed by atoms with Crippen molar-refractivity contribution in [1.82, 2.24) is 0 Å². The summed E-state index contributed by atoms with van der Waals surface area (Å²) in [6.45, 7) is 2.53. The van der Waals surface area contributed by atoms with Gasteiger partial charge < -0.3 is 10.1 Å². The first-order chi connectivity index (χ1) is 12.7. The number of anilines is 1. The molecule has 0 spiro atoms. The van der Waals surface area contributed by atoms with E-state index in [1.165, 1.54) is 6.08 Å². The zero-order valence-electron chi connectivity index (χ0n) is 14.7. The largest absolute Gasteiger partial charge is 0.489 e. The number of benzene rings is 3. The molecule has 0 aliphatic rings. The summed E-state index contributed by atoms with van der Waals surface area (Å²) in [5, 5.41) is 2.85. The first-order valence-corrected chi connectivity index (χ1v) is 8.51. The van der Waals surface area contributed by atoms with Gasteiger partial charge in [-0.3, -0.25) is 4.79 Å². The van der Waals surface area contributed by atoms with E-state index >= 15 is 0 Å². The molecule has 0 unspecified atom stereocenters. The van der Waals surface area contributed by atoms with E-state index in [0.29, 0.717) is 6.61 Å². The zero-order chi connectivity index (χ0) is 18.2. The van der Waals surface area contributed by atoms with Crippen LogP contribution in [0.3, 0.4) is 0 Å². The number of carbonyl (C=O) groups is 1. The molecule has 0 radical (unpaired) electrons. The van der Waals surface area contributed by atoms with Crippen molar-refractivity contribution < 1.29 is 9.53 Å². The summed E-state index contributed by atoms with van der Waals surface area (Å²) in [6.07, 6.45) is 3.31. The minimum Gasteiger partial charge on any atom is -0.489 e. The number of ether oxygens (including phenoxy) is 1. The lowest BCUT2D eigenvalue weighted by Gasteiger charge is -2.06. The monoisotopic (exact) mass is 343 g/mol. The maximum absolute atomic E-state index is 12.0. The van der Waals surface area contributed by atoms with Gasteiger partial charge in [0.1, 0.15) is 12.4 Å². The lowest BCUT2D eigenvalue weighted by Crippen LogP contribution is -2.07. The Kier molecular flexibility index (Phi) is 5.84. The molecule has 0 heterocycles. The molecule has 0 aliphatic heterocycles. The fourth-order valence-corrected chi connectivity index (χ4v) is 2.49. The van der Waals surface area contributed by atoms with Gasteiger partial charge in [-0.1, -0.05) is 54.6 Å². The number of carbonyl (C=O) groups excluding carboxylic acids is 1. The molecule has 0 saturated carbocycles. The molecule has 3 rings (SSSR count). The Labute approximate surface area is 154 Å². The number of aryl methyl sites for hydroxylation is 1. The topological polar surface area (TPSA) is 38.3 Å². The van der Waals surface area contributed by atoms with Crippen molar-refractivity contribution in [3.05, 3.63) is 102 Å². The molecule has 130 valence electrons. The van der Waals surface area contributed by atoms with E-state index in [-0.39, 0.29) is 5.91 Å². The molecule has 0 aliphatic carbocycles. The van der Waals surface area contributed by atoms with Gasteiger partial charge in [0.25, 0.3) is 0 Å². The second kappa shape index (κ2) is 8.67. The van der Waals surface area contributed by atoms with Gasteiger partial charge in [-0.2, -0.15) is 0 Å². The van der Waals surface area contributed by atoms with Gasteiger partial charge in [-0.25, -0.2) is 0 Å². The normalized spacial score (nSPS) is 10.7. The Morgan fingerprint density at radius 1 is 0.962 bits per heavy atom. The maximum Gasteiger partial charge on any atom is 0.248 e. The molecule has 0 aromatic heterocycles. The molecule has 0 saturated heterocycles. The van der Waals surface area contributed by atoms with Gasteiger partial charge in [0, 0.05) is 11.8 Å². The summed E-state index contributed by atoms with van der Waals surface area (Å²) in [5.74, 6) is 0.648. The Morgan fingerprint density at radius 2 is 1.73 bits per heavy atom. The van der Waals surface area contributed by atoms with Crippen LogP contribution in [0.4, 0.5) is 5.69 Å². The van der Waals surface area contributed by atoms with E-state index in [2.05, 4.69) is 5.32 Å². The number of amides is 1. The molecule has 26 heavy (non-hydrogen) atoms. The highest BCUT2D eigenvalue weighted by Crippen LogP contribution is 2.15. The third kappa shape index (κ3) is 5.35. The molecule has 1 N–H and O–H groups in total. The lowest BCUT2D eigenvalue weighted by molar-refractivity contribution is -0.111. The van der Waals surface area contributed by atoms with Crippen LogP contribution in [0.15, 0.2) is 84.9 Å². The van der Waals surface area contributed by atoms with Gasteiger partial charge >= 0.3 is 0 Å². The summed E-state index contributed by atoms with van der Waals surface area (Å²) >= 11 is 0. The third-order valence-corrected chi connectivity index (χ3v) is 3.84. The molecule has 3 nitrogen and oxygen atoms in total. The van der Waals surface area contributed by atoms with Crippen LogP contribution < -0.4 is 10.1 Å². The van der Waals surface area contributed by atoms with Gasteiger partial charge in [0.2, 0.25) is 5.91 Å². The van der Waals surface area contributed by atoms with Crippen LogP contribution in [-0.4, -0.2) is 5.91 Å². The number of nitrogens with one attached hydrogen (secondary N) is 1. The highest BCUT2D eigenvalue weighted by molar-refractivity contribution is 6.01. The van der Waals surface area contributed by atoms with E-state index in [9.17, 15) is 4.79 Å². The zero-order valence-corrected chi connectivity index (χ0v) is 14.7. The van der Waals surface area contributed by atoms with Crippen molar-refractivity contribution in [2.45, 2.75) is 13.5 Å². The van der Waals surface area contributed by atoms with Gasteiger partial charge in [0.15, 0.2) is 0 Å². The third-order valence-electron chi connectivity index (χ3n) is 3.84. The van der Waals surface area contributed by atoms with Crippen LogP contribution in [0.2, 0.25) is 0 Å². The van der Waals surface area contributed by atoms with Crippen molar-refractivity contribution in [1.29, 1.82) is 0 Å². The first-order valence-electron chi connectivity index (χ1n) is 8.51. The Hall–Kier alpha value is -3.33. The predicted octanol–water partition coefficient (Wildman–Crippen LogP) is 5.23. The molecule has 0 bridgehead atoms. The van der Waals surface area contributed by atoms with E-state index < -0.39 is 0 Å². The molecule has 0 fully saturated rings. The predicted molar refractivity (Wildman–Crippen MR) is 106 cm³/mol. The SMILES string of the molecule is Cc1cccc(NC(=O)C=Cc2ccc(OCc3ccccc3)cc2)c1. The van der Waals surface area contributed by atoms with Crippen LogP contribution in [0.25, 0.3) is 6.08 Å². The summed E-state index contributed by atoms with van der Waals surface area (Å²) < 4.78 is 5.76. The molecule has 0 atom stereocenters. The van der Waals surface area contributed by atoms with Crippen LogP contribution in [0, 0.1) is 6.92 Å². The van der Waals surface area contributed by atoms with Gasteiger partial charge in [-0.15, -0.1) is 0 Å². The molecular weight excluding hydrogens is 322 g/mol. The second-order valence-corrected chi connectivity index (χ2v) is 6.04. The summed E-state index contributed by atoms with van der Waals surface area (Å²) in [4.78, 5) is 12.0. The molecule has 3 heteroatoms. The van der Waals surface area contributed by atoms with Crippen molar-refractivity contribution in [2.24, 2.45) is 0 Å². The van der Waals surface area contributed by atoms with Crippen molar-refractivity contribution in [2.75, 3.05) is 5.32 Å². The quantitative estimate of drug-likeness (QED) is 0.623.